The van der Waals surface area contributed by atoms with Gasteiger partial charge < -0.3 is 19.9 Å². The van der Waals surface area contributed by atoms with Crippen molar-refractivity contribution in [3.05, 3.63) is 21.4 Å². The van der Waals surface area contributed by atoms with E-state index in [-0.39, 0.29) is 30.2 Å². The third-order valence-electron chi connectivity index (χ3n) is 3.87. The number of fused-ring (bicyclic) bond motifs is 1. The van der Waals surface area contributed by atoms with Crippen molar-refractivity contribution in [2.45, 2.75) is 46.3 Å². The van der Waals surface area contributed by atoms with Gasteiger partial charge >= 0.3 is 11.8 Å². The number of nitrogens with one attached hydrogen (secondary N) is 2. The number of amides is 1. The maximum atomic E-state index is 11.9. The number of hydrogen-bond donors (Lipinski definition) is 2. The van der Waals surface area contributed by atoms with Crippen molar-refractivity contribution >= 4 is 32.6 Å². The molecule has 2 N–H and O–H groups in total. The first-order chi connectivity index (χ1) is 13.0. The van der Waals surface area contributed by atoms with Crippen molar-refractivity contribution < 1.29 is 19.0 Å². The van der Waals surface area contributed by atoms with E-state index >= 15 is 0 Å². The van der Waals surface area contributed by atoms with Crippen molar-refractivity contribution in [3.63, 3.8) is 0 Å². The van der Waals surface area contributed by atoms with Crippen LogP contribution >= 0.6 is 9.47 Å². The molecule has 28 heavy (non-hydrogen) atoms. The number of rotatable bonds is 7. The average molecular weight is 413 g/mol. The van der Waals surface area contributed by atoms with Crippen LogP contribution in [0.1, 0.15) is 32.0 Å². The first-order valence-electron chi connectivity index (χ1n) is 8.46. The lowest BCUT2D eigenvalue weighted by atomic mass is 10.1. The van der Waals surface area contributed by atoms with Crippen LogP contribution < -0.4 is 10.6 Å². The summed E-state index contributed by atoms with van der Waals surface area (Å²) in [6.45, 7) is 9.03. The van der Waals surface area contributed by atoms with Crippen LogP contribution in [0.25, 0.3) is 5.65 Å². The van der Waals surface area contributed by atoms with E-state index in [1.54, 1.807) is 34.6 Å². The van der Waals surface area contributed by atoms with Gasteiger partial charge in [-0.2, -0.15) is 4.52 Å². The Morgan fingerprint density at radius 2 is 2.07 bits per heavy atom. The fourth-order valence-corrected chi connectivity index (χ4v) is 2.76. The summed E-state index contributed by atoms with van der Waals surface area (Å²) in [6.07, 6.45) is -0.595. The summed E-state index contributed by atoms with van der Waals surface area (Å²) in [5.74, 6) is 0. The molecule has 0 saturated carbocycles. The highest BCUT2D eigenvalue weighted by atomic mass is 31.0. The van der Waals surface area contributed by atoms with Gasteiger partial charge in [-0.1, -0.05) is 0 Å². The van der Waals surface area contributed by atoms with Gasteiger partial charge in [0.1, 0.15) is 11.3 Å². The van der Waals surface area contributed by atoms with Crippen molar-refractivity contribution in [1.29, 1.82) is 0 Å². The van der Waals surface area contributed by atoms with Crippen LogP contribution in [-0.4, -0.2) is 55.9 Å². The molecule has 2 atom stereocenters. The second-order valence-corrected chi connectivity index (χ2v) is 7.50. The standard InChI is InChI=1S/C15H24N7O5P/c1-8-9(2)21-13(18-19-20-21)12(22(24)25)11(8)17-10(7-26-28)6-16-14(23)27-15(3,4)5/h10,17H,6-7,28H2,1-5H3,(H,16,23)/t10-/m0/s1. The Bertz CT molecular complexity index is 880. The molecule has 0 fully saturated rings. The van der Waals surface area contributed by atoms with Crippen LogP contribution in [0.3, 0.4) is 0 Å². The predicted octanol–water partition coefficient (Wildman–Crippen LogP) is 1.76. The predicted molar refractivity (Wildman–Crippen MR) is 104 cm³/mol. The molecule has 0 bridgehead atoms. The van der Waals surface area contributed by atoms with E-state index in [9.17, 15) is 14.9 Å². The molecule has 13 heteroatoms. The van der Waals surface area contributed by atoms with Gasteiger partial charge in [0.2, 0.25) is 0 Å². The molecule has 2 aromatic rings. The van der Waals surface area contributed by atoms with Crippen molar-refractivity contribution in [1.82, 2.24) is 25.4 Å². The summed E-state index contributed by atoms with van der Waals surface area (Å²) in [5.41, 5.74) is 0.668. The molecule has 2 rings (SSSR count). The van der Waals surface area contributed by atoms with Crippen molar-refractivity contribution in [3.8, 4) is 0 Å². The molecule has 2 heterocycles. The Kier molecular flexibility index (Phi) is 6.68. The quantitative estimate of drug-likeness (QED) is 0.394. The number of aryl methyl sites for hydroxylation is 1. The van der Waals surface area contributed by atoms with E-state index in [0.29, 0.717) is 11.3 Å². The summed E-state index contributed by atoms with van der Waals surface area (Å²) in [5, 5.41) is 28.5. The van der Waals surface area contributed by atoms with E-state index < -0.39 is 22.7 Å². The Hall–Kier alpha value is -2.59. The number of pyridine rings is 1. The molecule has 0 aliphatic rings. The zero-order valence-corrected chi connectivity index (χ0v) is 17.5. The van der Waals surface area contributed by atoms with Crippen molar-refractivity contribution in [2.24, 2.45) is 0 Å². The third kappa shape index (κ3) is 5.02. The molecule has 1 unspecified atom stereocenters. The second-order valence-electron chi connectivity index (χ2n) is 7.16. The minimum Gasteiger partial charge on any atom is -0.444 e. The maximum absolute atomic E-state index is 11.9. The number of aromatic nitrogens is 4. The monoisotopic (exact) mass is 413 g/mol. The topological polar surface area (TPSA) is 146 Å². The first-order valence-corrected chi connectivity index (χ1v) is 8.93. The number of alkyl carbamates (subject to hydrolysis) is 1. The van der Waals surface area contributed by atoms with Gasteiger partial charge in [0.25, 0.3) is 5.65 Å². The molecule has 2 aromatic heterocycles. The molecule has 0 radical (unpaired) electrons. The van der Waals surface area contributed by atoms with Crippen LogP contribution in [0.4, 0.5) is 16.2 Å². The van der Waals surface area contributed by atoms with Crippen LogP contribution in [0.15, 0.2) is 0 Å². The normalized spacial score (nSPS) is 12.6. The first kappa shape index (κ1) is 21.7. The zero-order valence-electron chi connectivity index (χ0n) is 16.3. The number of nitrogens with zero attached hydrogens (tertiary/aromatic N) is 5. The number of nitro groups is 1. The molecule has 0 spiro atoms. The molecule has 12 nitrogen and oxygen atoms in total. The lowest BCUT2D eigenvalue weighted by Gasteiger charge is -2.23. The summed E-state index contributed by atoms with van der Waals surface area (Å²) in [7, 11) is 2.11. The van der Waals surface area contributed by atoms with E-state index in [1.807, 2.05) is 0 Å². The Labute approximate surface area is 163 Å². The maximum Gasteiger partial charge on any atom is 0.407 e. The minimum atomic E-state index is -0.637. The number of ether oxygens (including phenoxy) is 1. The summed E-state index contributed by atoms with van der Waals surface area (Å²) in [6, 6.07) is -0.472. The smallest absolute Gasteiger partial charge is 0.407 e. The molecule has 0 aliphatic heterocycles. The minimum absolute atomic E-state index is 0.0289. The Balaban J connectivity index is 2.30. The number of tetrazole rings is 1. The molecular formula is C15H24N7O5P. The SMILES string of the molecule is Cc1c(N[C@@H](CNC(=O)OC(C)(C)C)COP)c([N+](=O)[O-])c2nnnn2c1C. The molecule has 0 aliphatic carbocycles. The molecular weight excluding hydrogens is 389 g/mol. The number of hydrogen-bond acceptors (Lipinski definition) is 9. The highest BCUT2D eigenvalue weighted by Gasteiger charge is 2.28. The molecule has 0 aromatic carbocycles. The van der Waals surface area contributed by atoms with Gasteiger partial charge in [-0.15, -0.1) is 5.10 Å². The van der Waals surface area contributed by atoms with E-state index in [4.69, 9.17) is 9.26 Å². The molecule has 0 saturated heterocycles. The Morgan fingerprint density at radius 3 is 2.64 bits per heavy atom. The van der Waals surface area contributed by atoms with E-state index in [0.717, 1.165) is 0 Å². The lowest BCUT2D eigenvalue weighted by molar-refractivity contribution is -0.382. The highest BCUT2D eigenvalue weighted by Crippen LogP contribution is 2.33. The number of anilines is 1. The van der Waals surface area contributed by atoms with Crippen molar-refractivity contribution in [2.75, 3.05) is 18.5 Å². The molecule has 154 valence electrons. The Morgan fingerprint density at radius 1 is 1.39 bits per heavy atom. The summed E-state index contributed by atoms with van der Waals surface area (Å²) >= 11 is 0. The number of carbonyl (C=O) groups excluding carboxylic acids is 1. The lowest BCUT2D eigenvalue weighted by Crippen LogP contribution is -2.41. The van der Waals surface area contributed by atoms with Crippen LogP contribution in [-0.2, 0) is 9.26 Å². The fraction of sp³-hybridized carbons (Fsp3) is 0.600. The van der Waals surface area contributed by atoms with E-state index in [2.05, 4.69) is 35.6 Å². The average Bonchev–Trinajstić information content (AvgIpc) is 3.05. The van der Waals surface area contributed by atoms with E-state index in [1.165, 1.54) is 4.52 Å². The van der Waals surface area contributed by atoms with Gasteiger partial charge in [-0.3, -0.25) is 10.1 Å². The summed E-state index contributed by atoms with van der Waals surface area (Å²) in [4.78, 5) is 23.1. The van der Waals surface area contributed by atoms with Gasteiger partial charge in [-0.25, -0.2) is 4.79 Å². The van der Waals surface area contributed by atoms with Crippen LogP contribution in [0.2, 0.25) is 0 Å². The zero-order chi connectivity index (χ0) is 21.1. The van der Waals surface area contributed by atoms with Gasteiger partial charge in [0.15, 0.2) is 0 Å². The summed E-state index contributed by atoms with van der Waals surface area (Å²) < 4.78 is 11.6. The highest BCUT2D eigenvalue weighted by molar-refractivity contribution is 7.09. The number of carbonyl (C=O) groups is 1. The fourth-order valence-electron chi connectivity index (χ4n) is 2.53. The van der Waals surface area contributed by atoms with Gasteiger partial charge in [-0.05, 0) is 45.0 Å². The van der Waals surface area contributed by atoms with Crippen LogP contribution in [0, 0.1) is 24.0 Å². The largest absolute Gasteiger partial charge is 0.444 e. The van der Waals surface area contributed by atoms with Crippen LogP contribution in [0.5, 0.6) is 0 Å². The molecule has 1 amide bonds. The third-order valence-corrected chi connectivity index (χ3v) is 4.07. The van der Waals surface area contributed by atoms with Gasteiger partial charge in [0.05, 0.1) is 17.6 Å². The van der Waals surface area contributed by atoms with Gasteiger partial charge in [0, 0.05) is 27.3 Å². The second kappa shape index (κ2) is 8.61.